The third-order valence-corrected chi connectivity index (χ3v) is 3.86. The fraction of sp³-hybridized carbons (Fsp3) is 0.158. The van der Waals surface area contributed by atoms with Gasteiger partial charge in [-0.25, -0.2) is 9.97 Å². The van der Waals surface area contributed by atoms with Crippen LogP contribution in [-0.4, -0.2) is 16.6 Å². The van der Waals surface area contributed by atoms with Gasteiger partial charge in [0.2, 0.25) is 0 Å². The molecule has 3 aromatic rings. The van der Waals surface area contributed by atoms with Gasteiger partial charge in [0.25, 0.3) is 0 Å². The van der Waals surface area contributed by atoms with Gasteiger partial charge in [0.15, 0.2) is 0 Å². The Balaban J connectivity index is 2.13. The van der Waals surface area contributed by atoms with Crippen LogP contribution in [0.2, 0.25) is 0 Å². The Hall–Kier alpha value is -2.23. The SMILES string of the molecule is C=C(Cl)COC(c1cncnc1)c1ccc(C)c2ccccc12. The summed E-state index contributed by atoms with van der Waals surface area (Å²) in [5, 5.41) is 2.82. The molecule has 2 aromatic carbocycles. The molecule has 0 N–H and O–H groups in total. The highest BCUT2D eigenvalue weighted by Gasteiger charge is 2.19. The monoisotopic (exact) mass is 324 g/mol. The first-order valence-electron chi connectivity index (χ1n) is 7.35. The van der Waals surface area contributed by atoms with Crippen LogP contribution in [0.4, 0.5) is 0 Å². The minimum Gasteiger partial charge on any atom is -0.363 e. The molecule has 23 heavy (non-hydrogen) atoms. The van der Waals surface area contributed by atoms with Gasteiger partial charge in [-0.1, -0.05) is 54.6 Å². The Kier molecular flexibility index (Phi) is 4.70. The summed E-state index contributed by atoms with van der Waals surface area (Å²) < 4.78 is 6.01. The molecule has 0 aliphatic rings. The summed E-state index contributed by atoms with van der Waals surface area (Å²) >= 11 is 5.89. The lowest BCUT2D eigenvalue weighted by Crippen LogP contribution is -2.09. The van der Waals surface area contributed by atoms with Crippen LogP contribution in [0, 0.1) is 6.92 Å². The minimum atomic E-state index is -0.294. The third-order valence-electron chi connectivity index (χ3n) is 3.75. The van der Waals surface area contributed by atoms with Crippen molar-refractivity contribution in [2.45, 2.75) is 13.0 Å². The number of hydrogen-bond donors (Lipinski definition) is 0. The number of nitrogens with zero attached hydrogens (tertiary/aromatic N) is 2. The van der Waals surface area contributed by atoms with E-state index in [1.807, 2.05) is 12.1 Å². The van der Waals surface area contributed by atoms with Crippen LogP contribution in [0.1, 0.15) is 22.8 Å². The molecular weight excluding hydrogens is 308 g/mol. The van der Waals surface area contributed by atoms with Crippen molar-refractivity contribution in [1.29, 1.82) is 0 Å². The average Bonchev–Trinajstić information content (AvgIpc) is 2.58. The molecule has 0 aliphatic heterocycles. The molecule has 0 bridgehead atoms. The fourth-order valence-corrected chi connectivity index (χ4v) is 2.75. The Morgan fingerprint density at radius 2 is 1.83 bits per heavy atom. The van der Waals surface area contributed by atoms with Gasteiger partial charge < -0.3 is 4.74 Å². The molecule has 0 aliphatic carbocycles. The van der Waals surface area contributed by atoms with Gasteiger partial charge in [-0.3, -0.25) is 0 Å². The molecule has 0 spiro atoms. The van der Waals surface area contributed by atoms with Crippen molar-refractivity contribution >= 4 is 22.4 Å². The summed E-state index contributed by atoms with van der Waals surface area (Å²) in [6.07, 6.45) is 4.75. The molecule has 3 rings (SSSR count). The first kappa shape index (κ1) is 15.7. The topological polar surface area (TPSA) is 35.0 Å². The smallest absolute Gasteiger partial charge is 0.115 e. The number of hydrogen-bond acceptors (Lipinski definition) is 3. The second-order valence-corrected chi connectivity index (χ2v) is 5.93. The Morgan fingerprint density at radius 3 is 2.52 bits per heavy atom. The lowest BCUT2D eigenvalue weighted by atomic mass is 9.94. The van der Waals surface area contributed by atoms with Gasteiger partial charge in [0.05, 0.1) is 6.61 Å². The van der Waals surface area contributed by atoms with Crippen LogP contribution in [-0.2, 0) is 4.74 Å². The lowest BCUT2D eigenvalue weighted by Gasteiger charge is -2.20. The van der Waals surface area contributed by atoms with Crippen molar-refractivity contribution in [1.82, 2.24) is 9.97 Å². The van der Waals surface area contributed by atoms with Crippen LogP contribution >= 0.6 is 11.6 Å². The third kappa shape index (κ3) is 3.41. The number of halogens is 1. The van der Waals surface area contributed by atoms with Crippen LogP contribution < -0.4 is 0 Å². The number of fused-ring (bicyclic) bond motifs is 1. The van der Waals surface area contributed by atoms with E-state index in [9.17, 15) is 0 Å². The van der Waals surface area contributed by atoms with Crippen molar-refractivity contribution in [3.05, 3.63) is 83.4 Å². The molecule has 0 amide bonds. The number of aryl methyl sites for hydroxylation is 1. The molecular formula is C19H17ClN2O. The van der Waals surface area contributed by atoms with Crippen molar-refractivity contribution in [3.8, 4) is 0 Å². The molecule has 116 valence electrons. The van der Waals surface area contributed by atoms with Crippen LogP contribution in [0.25, 0.3) is 10.8 Å². The summed E-state index contributed by atoms with van der Waals surface area (Å²) in [5.74, 6) is 0. The molecule has 4 heteroatoms. The van der Waals surface area contributed by atoms with Gasteiger partial charge in [0.1, 0.15) is 12.4 Å². The number of rotatable bonds is 5. The zero-order chi connectivity index (χ0) is 16.2. The van der Waals surface area contributed by atoms with E-state index >= 15 is 0 Å². The van der Waals surface area contributed by atoms with Gasteiger partial charge in [-0.15, -0.1) is 0 Å². The summed E-state index contributed by atoms with van der Waals surface area (Å²) in [6, 6.07) is 12.5. The molecule has 0 radical (unpaired) electrons. The van der Waals surface area contributed by atoms with Crippen molar-refractivity contribution < 1.29 is 4.74 Å². The number of ether oxygens (including phenoxy) is 1. The van der Waals surface area contributed by atoms with Gasteiger partial charge in [0, 0.05) is 23.0 Å². The highest BCUT2D eigenvalue weighted by atomic mass is 35.5. The van der Waals surface area contributed by atoms with E-state index in [0.717, 1.165) is 16.5 Å². The zero-order valence-corrected chi connectivity index (χ0v) is 13.6. The van der Waals surface area contributed by atoms with E-state index in [1.165, 1.54) is 17.3 Å². The fourth-order valence-electron chi connectivity index (χ4n) is 2.69. The highest BCUT2D eigenvalue weighted by molar-refractivity contribution is 6.29. The van der Waals surface area contributed by atoms with Crippen LogP contribution in [0.15, 0.2) is 66.7 Å². The maximum absolute atomic E-state index is 6.01. The maximum atomic E-state index is 6.01. The molecule has 0 saturated heterocycles. The van der Waals surface area contributed by atoms with Crippen molar-refractivity contribution in [3.63, 3.8) is 0 Å². The largest absolute Gasteiger partial charge is 0.363 e. The maximum Gasteiger partial charge on any atom is 0.115 e. The predicted octanol–water partition coefficient (Wildman–Crippen LogP) is 4.80. The van der Waals surface area contributed by atoms with Gasteiger partial charge in [-0.2, -0.15) is 0 Å². The summed E-state index contributed by atoms with van der Waals surface area (Å²) in [7, 11) is 0. The molecule has 0 fully saturated rings. The summed E-state index contributed by atoms with van der Waals surface area (Å²) in [4.78, 5) is 8.22. The zero-order valence-electron chi connectivity index (χ0n) is 12.9. The molecule has 1 unspecified atom stereocenters. The number of aromatic nitrogens is 2. The lowest BCUT2D eigenvalue weighted by molar-refractivity contribution is 0.103. The molecule has 0 saturated carbocycles. The highest BCUT2D eigenvalue weighted by Crippen LogP contribution is 2.33. The Bertz CT molecular complexity index is 833. The van der Waals surface area contributed by atoms with E-state index in [0.29, 0.717) is 5.03 Å². The minimum absolute atomic E-state index is 0.267. The van der Waals surface area contributed by atoms with E-state index < -0.39 is 0 Å². The average molecular weight is 325 g/mol. The quantitative estimate of drug-likeness (QED) is 0.676. The van der Waals surface area contributed by atoms with E-state index in [-0.39, 0.29) is 12.7 Å². The molecule has 1 aromatic heterocycles. The molecule has 3 nitrogen and oxygen atoms in total. The first-order valence-corrected chi connectivity index (χ1v) is 7.72. The van der Waals surface area contributed by atoms with E-state index in [2.05, 4.69) is 47.7 Å². The number of benzene rings is 2. The van der Waals surface area contributed by atoms with Gasteiger partial charge in [-0.05, 0) is 28.8 Å². The normalized spacial score (nSPS) is 12.3. The second kappa shape index (κ2) is 6.90. The summed E-state index contributed by atoms with van der Waals surface area (Å²) in [5.41, 5.74) is 3.19. The van der Waals surface area contributed by atoms with E-state index in [4.69, 9.17) is 16.3 Å². The molecule has 1 atom stereocenters. The first-order chi connectivity index (χ1) is 11.2. The van der Waals surface area contributed by atoms with Crippen LogP contribution in [0.5, 0.6) is 0 Å². The standard InChI is InChI=1S/C19H17ClN2O/c1-13-7-8-18(17-6-4-3-5-16(13)17)19(23-11-14(2)20)15-9-21-12-22-10-15/h3-10,12,19H,2,11H2,1H3. The predicted molar refractivity (Wildman–Crippen MR) is 93.5 cm³/mol. The van der Waals surface area contributed by atoms with E-state index in [1.54, 1.807) is 12.4 Å². The van der Waals surface area contributed by atoms with Gasteiger partial charge >= 0.3 is 0 Å². The Morgan fingerprint density at radius 1 is 1.13 bits per heavy atom. The molecule has 1 heterocycles. The van der Waals surface area contributed by atoms with Crippen LogP contribution in [0.3, 0.4) is 0 Å². The summed E-state index contributed by atoms with van der Waals surface area (Å²) in [6.45, 7) is 6.07. The van der Waals surface area contributed by atoms with Crippen molar-refractivity contribution in [2.24, 2.45) is 0 Å². The Labute approximate surface area is 140 Å². The van der Waals surface area contributed by atoms with Crippen molar-refractivity contribution in [2.75, 3.05) is 6.61 Å². The second-order valence-electron chi connectivity index (χ2n) is 5.40.